The number of rotatable bonds is 3. The number of anilines is 1. The van der Waals surface area contributed by atoms with Crippen molar-refractivity contribution in [1.82, 2.24) is 10.6 Å². The number of halogens is 1. The molecule has 20 heavy (non-hydrogen) atoms. The Labute approximate surface area is 114 Å². The van der Waals surface area contributed by atoms with Crippen LogP contribution in [0.1, 0.15) is 18.4 Å². The second kappa shape index (κ2) is 5.68. The summed E-state index contributed by atoms with van der Waals surface area (Å²) in [7, 11) is 0. The fraction of sp³-hybridized carbons (Fsp3) is 0.308. The smallest absolute Gasteiger partial charge is 0.249 e. The van der Waals surface area contributed by atoms with Crippen molar-refractivity contribution in [3.05, 3.63) is 29.6 Å². The van der Waals surface area contributed by atoms with Gasteiger partial charge in [0.05, 0.1) is 12.1 Å². The second-order valence-corrected chi connectivity index (χ2v) is 4.60. The molecule has 6 nitrogen and oxygen atoms in total. The molecule has 1 aliphatic heterocycles. The van der Waals surface area contributed by atoms with Gasteiger partial charge in [0, 0.05) is 6.42 Å². The molecule has 1 saturated heterocycles. The van der Waals surface area contributed by atoms with Gasteiger partial charge >= 0.3 is 0 Å². The molecule has 2 rings (SSSR count). The van der Waals surface area contributed by atoms with Gasteiger partial charge in [-0.15, -0.1) is 0 Å². The van der Waals surface area contributed by atoms with Gasteiger partial charge in [0.15, 0.2) is 0 Å². The number of nitrogens with two attached hydrogens (primary N) is 1. The maximum atomic E-state index is 13.2. The minimum Gasteiger partial charge on any atom is -0.396 e. The van der Waals surface area contributed by atoms with Gasteiger partial charge in [-0.25, -0.2) is 4.39 Å². The Bertz CT molecular complexity index is 574. The fourth-order valence-corrected chi connectivity index (χ4v) is 1.94. The summed E-state index contributed by atoms with van der Waals surface area (Å²) in [6.45, 7) is 0. The maximum Gasteiger partial charge on any atom is 0.249 e. The molecule has 0 bridgehead atoms. The van der Waals surface area contributed by atoms with Gasteiger partial charge in [-0.2, -0.15) is 0 Å². The Morgan fingerprint density at radius 3 is 2.85 bits per heavy atom. The van der Waals surface area contributed by atoms with Crippen LogP contribution < -0.4 is 16.4 Å². The zero-order valence-corrected chi connectivity index (χ0v) is 10.6. The van der Waals surface area contributed by atoms with Crippen molar-refractivity contribution in [2.24, 2.45) is 0 Å². The van der Waals surface area contributed by atoms with E-state index in [0.717, 1.165) is 0 Å². The quantitative estimate of drug-likeness (QED) is 0.530. The summed E-state index contributed by atoms with van der Waals surface area (Å²) in [4.78, 5) is 34.2. The molecule has 1 atom stereocenters. The van der Waals surface area contributed by atoms with Crippen molar-refractivity contribution in [2.45, 2.75) is 25.3 Å². The van der Waals surface area contributed by atoms with Crippen LogP contribution in [0, 0.1) is 5.82 Å². The number of hydrogen-bond donors (Lipinski definition) is 3. The number of benzene rings is 1. The zero-order valence-electron chi connectivity index (χ0n) is 10.6. The first-order valence-corrected chi connectivity index (χ1v) is 6.12. The first-order valence-electron chi connectivity index (χ1n) is 6.12. The van der Waals surface area contributed by atoms with Crippen LogP contribution in [-0.2, 0) is 20.8 Å². The molecule has 0 aromatic heterocycles. The predicted octanol–water partition coefficient (Wildman–Crippen LogP) is -0.128. The Morgan fingerprint density at radius 2 is 2.20 bits per heavy atom. The van der Waals surface area contributed by atoms with Crippen LogP contribution >= 0.6 is 0 Å². The van der Waals surface area contributed by atoms with Crippen molar-refractivity contribution in [3.8, 4) is 0 Å². The summed E-state index contributed by atoms with van der Waals surface area (Å²) in [5.74, 6) is -1.86. The van der Waals surface area contributed by atoms with E-state index in [4.69, 9.17) is 5.73 Å². The molecule has 1 aromatic carbocycles. The molecular weight excluding hydrogens is 265 g/mol. The molecule has 0 radical (unpaired) electrons. The Morgan fingerprint density at radius 1 is 1.45 bits per heavy atom. The lowest BCUT2D eigenvalue weighted by Gasteiger charge is -2.21. The van der Waals surface area contributed by atoms with E-state index in [1.807, 2.05) is 0 Å². The number of imide groups is 1. The number of amides is 3. The Hall–Kier alpha value is -2.44. The molecule has 3 amide bonds. The fourth-order valence-electron chi connectivity index (χ4n) is 1.94. The van der Waals surface area contributed by atoms with Crippen LogP contribution in [0.25, 0.3) is 0 Å². The summed E-state index contributed by atoms with van der Waals surface area (Å²) < 4.78 is 13.2. The number of hydrogen-bond acceptors (Lipinski definition) is 4. The minimum atomic E-state index is -0.723. The molecule has 7 heteroatoms. The Balaban J connectivity index is 1.93. The van der Waals surface area contributed by atoms with Gasteiger partial charge in [-0.1, -0.05) is 6.07 Å². The maximum absolute atomic E-state index is 13.2. The van der Waals surface area contributed by atoms with Gasteiger partial charge in [0.1, 0.15) is 11.9 Å². The van der Waals surface area contributed by atoms with Gasteiger partial charge in [0.25, 0.3) is 0 Å². The largest absolute Gasteiger partial charge is 0.396 e. The highest BCUT2D eigenvalue weighted by atomic mass is 19.1. The lowest BCUT2D eigenvalue weighted by Crippen LogP contribution is -2.52. The average Bonchev–Trinajstić information content (AvgIpc) is 2.37. The lowest BCUT2D eigenvalue weighted by atomic mass is 10.1. The van der Waals surface area contributed by atoms with Gasteiger partial charge in [0.2, 0.25) is 17.7 Å². The van der Waals surface area contributed by atoms with E-state index in [1.54, 1.807) is 6.07 Å². The van der Waals surface area contributed by atoms with Gasteiger partial charge in [-0.05, 0) is 24.1 Å². The third kappa shape index (κ3) is 3.31. The summed E-state index contributed by atoms with van der Waals surface area (Å²) in [5, 5.41) is 4.66. The summed E-state index contributed by atoms with van der Waals surface area (Å²) in [6, 6.07) is 3.38. The third-order valence-corrected chi connectivity index (χ3v) is 3.00. The summed E-state index contributed by atoms with van der Waals surface area (Å²) in [6.07, 6.45) is 0.397. The number of carbonyl (C=O) groups excluding carboxylic acids is 3. The van der Waals surface area contributed by atoms with Crippen molar-refractivity contribution in [2.75, 3.05) is 5.73 Å². The first-order chi connectivity index (χ1) is 9.45. The third-order valence-electron chi connectivity index (χ3n) is 3.00. The minimum absolute atomic E-state index is 0.0133. The Kier molecular flexibility index (Phi) is 3.97. The van der Waals surface area contributed by atoms with Crippen LogP contribution in [-0.4, -0.2) is 23.8 Å². The van der Waals surface area contributed by atoms with Crippen molar-refractivity contribution in [3.63, 3.8) is 0 Å². The molecular formula is C13H14FN3O3. The van der Waals surface area contributed by atoms with Gasteiger partial charge in [-0.3, -0.25) is 19.7 Å². The molecule has 1 aromatic rings. The molecule has 4 N–H and O–H groups in total. The first kappa shape index (κ1) is 14.0. The van der Waals surface area contributed by atoms with Crippen LogP contribution in [0.4, 0.5) is 10.1 Å². The summed E-state index contributed by atoms with van der Waals surface area (Å²) >= 11 is 0. The number of carbonyl (C=O) groups is 3. The van der Waals surface area contributed by atoms with E-state index in [2.05, 4.69) is 10.6 Å². The van der Waals surface area contributed by atoms with Crippen molar-refractivity contribution >= 4 is 23.4 Å². The van der Waals surface area contributed by atoms with E-state index < -0.39 is 23.7 Å². The molecule has 0 saturated carbocycles. The highest BCUT2D eigenvalue weighted by molar-refractivity contribution is 6.01. The average molecular weight is 279 g/mol. The number of nitrogens with one attached hydrogen (secondary N) is 2. The van der Waals surface area contributed by atoms with Crippen LogP contribution in [0.2, 0.25) is 0 Å². The van der Waals surface area contributed by atoms with E-state index in [0.29, 0.717) is 5.56 Å². The second-order valence-electron chi connectivity index (χ2n) is 4.60. The van der Waals surface area contributed by atoms with Crippen molar-refractivity contribution in [1.29, 1.82) is 0 Å². The molecule has 0 spiro atoms. The number of nitrogen functional groups attached to an aromatic ring is 1. The molecule has 1 aliphatic rings. The van der Waals surface area contributed by atoms with E-state index in [1.165, 1.54) is 12.1 Å². The molecule has 106 valence electrons. The highest BCUT2D eigenvalue weighted by Crippen LogP contribution is 2.12. The molecule has 1 unspecified atom stereocenters. The molecule has 1 fully saturated rings. The monoisotopic (exact) mass is 279 g/mol. The zero-order chi connectivity index (χ0) is 14.7. The number of piperidine rings is 1. The van der Waals surface area contributed by atoms with Gasteiger partial charge < -0.3 is 11.1 Å². The standard InChI is InChI=1S/C13H14FN3O3/c14-8-5-7(1-2-9(8)15)6-12(19)16-10-3-4-11(18)17-13(10)20/h1-2,5,10H,3-4,6,15H2,(H,16,19)(H,17,18,20). The molecule has 0 aliphatic carbocycles. The normalized spacial score (nSPS) is 18.6. The topological polar surface area (TPSA) is 101 Å². The predicted molar refractivity (Wildman–Crippen MR) is 68.8 cm³/mol. The van der Waals surface area contributed by atoms with Crippen LogP contribution in [0.15, 0.2) is 18.2 Å². The lowest BCUT2D eigenvalue weighted by molar-refractivity contribution is -0.137. The van der Waals surface area contributed by atoms with E-state index in [9.17, 15) is 18.8 Å². The highest BCUT2D eigenvalue weighted by Gasteiger charge is 2.27. The SMILES string of the molecule is Nc1ccc(CC(=O)NC2CCC(=O)NC2=O)cc1F. The van der Waals surface area contributed by atoms with Crippen LogP contribution in [0.5, 0.6) is 0 Å². The van der Waals surface area contributed by atoms with E-state index in [-0.39, 0.29) is 30.9 Å². The van der Waals surface area contributed by atoms with Crippen molar-refractivity contribution < 1.29 is 18.8 Å². The van der Waals surface area contributed by atoms with Crippen LogP contribution in [0.3, 0.4) is 0 Å². The van der Waals surface area contributed by atoms with E-state index >= 15 is 0 Å². The molecule has 1 heterocycles. The summed E-state index contributed by atoms with van der Waals surface area (Å²) in [5.41, 5.74) is 5.81.